The van der Waals surface area contributed by atoms with Crippen LogP contribution in [0.3, 0.4) is 0 Å². The minimum absolute atomic E-state index is 0. The van der Waals surface area contributed by atoms with Crippen LogP contribution in [0.1, 0.15) is 130 Å². The van der Waals surface area contributed by atoms with E-state index < -0.39 is 26.5 Å². The molecule has 2 rings (SSSR count). The Balaban J connectivity index is 0. The van der Waals surface area contributed by atoms with E-state index in [0.717, 1.165) is 33.4 Å². The van der Waals surface area contributed by atoms with Gasteiger partial charge in [-0.3, -0.25) is 0 Å². The number of aromatic hydroxyl groups is 2. The molecule has 8 nitrogen and oxygen atoms in total. The van der Waals surface area contributed by atoms with Crippen LogP contribution in [0, 0.1) is 0 Å². The molecule has 0 aliphatic carbocycles. The fourth-order valence-corrected chi connectivity index (χ4v) is 5.69. The molecule has 0 radical (unpaired) electrons. The summed E-state index contributed by atoms with van der Waals surface area (Å²) in [6.07, 6.45) is 0.327. The monoisotopic (exact) mass is 732 g/mol. The van der Waals surface area contributed by atoms with Crippen molar-refractivity contribution < 1.29 is 38.9 Å². The van der Waals surface area contributed by atoms with Crippen molar-refractivity contribution in [2.45, 2.75) is 143 Å². The van der Waals surface area contributed by atoms with Crippen LogP contribution in [0.25, 0.3) is 0 Å². The average molecular weight is 733 g/mol. The minimum Gasteiger partial charge on any atom is -0.811 e. The Hall–Kier alpha value is 0.859. The maximum atomic E-state index is 11.2. The van der Waals surface area contributed by atoms with Gasteiger partial charge in [-0.05, 0) is 79.2 Å². The summed E-state index contributed by atoms with van der Waals surface area (Å²) in [6, 6.07) is 7.26. The molecule has 0 saturated carbocycles. The maximum absolute atomic E-state index is 11.2. The van der Waals surface area contributed by atoms with E-state index in [4.69, 9.17) is 0 Å². The summed E-state index contributed by atoms with van der Waals surface area (Å²) in [5, 5.41) is 21.2. The summed E-state index contributed by atoms with van der Waals surface area (Å²) in [5.74, 6) is 0.507. The molecule has 0 fully saturated rings. The van der Waals surface area contributed by atoms with E-state index in [1.165, 1.54) is 13.8 Å². The van der Waals surface area contributed by atoms with Crippen LogP contribution in [0.5, 0.6) is 11.5 Å². The van der Waals surface area contributed by atoms with Gasteiger partial charge in [0, 0.05) is 0 Å². The van der Waals surface area contributed by atoms with Gasteiger partial charge in [0.25, 0.3) is 0 Å². The SMILES string of the molecule is CC(Cc1cc(C(C)(C)C)c(O)c(C(C)(C)C)c1)P(=O)([O-])[O-].CC(Cc1cc(C(C)(C)C)c(O)c(C(C)(C)C)c1)P(=O)([O-])[O-].[Ca+2].[Ca+2]. The van der Waals surface area contributed by atoms with Gasteiger partial charge in [0.2, 0.25) is 0 Å². The predicted molar refractivity (Wildman–Crippen MR) is 184 cm³/mol. The zero-order valence-corrected chi connectivity index (χ0v) is 36.7. The van der Waals surface area contributed by atoms with Gasteiger partial charge in [0.05, 0.1) is 0 Å². The molecular weight excluding hydrogens is 678 g/mol. The molecule has 46 heavy (non-hydrogen) atoms. The van der Waals surface area contributed by atoms with Crippen molar-refractivity contribution in [1.82, 2.24) is 0 Å². The first-order valence-corrected chi connectivity index (χ1v) is 18.3. The molecule has 2 N–H and O–H groups in total. The quantitative estimate of drug-likeness (QED) is 0.313. The molecule has 2 aromatic rings. The third-order valence-corrected chi connectivity index (χ3v) is 10.2. The third-order valence-electron chi connectivity index (χ3n) is 7.71. The van der Waals surface area contributed by atoms with Crippen LogP contribution < -0.4 is 19.6 Å². The number of hydrogen-bond acceptors (Lipinski definition) is 8. The second-order valence-corrected chi connectivity index (χ2v) is 20.2. The second-order valence-electron chi connectivity index (χ2n) is 16.3. The summed E-state index contributed by atoms with van der Waals surface area (Å²) in [5.41, 5.74) is 1.60. The van der Waals surface area contributed by atoms with Crippen LogP contribution in [0.4, 0.5) is 0 Å². The molecular formula is C34H54Ca2O8P2. The number of rotatable bonds is 6. The van der Waals surface area contributed by atoms with Gasteiger partial charge in [0.1, 0.15) is 11.5 Å². The van der Waals surface area contributed by atoms with E-state index >= 15 is 0 Å². The summed E-state index contributed by atoms with van der Waals surface area (Å²) in [6.45, 7) is 26.8. The van der Waals surface area contributed by atoms with Crippen molar-refractivity contribution in [3.05, 3.63) is 57.6 Å². The predicted octanol–water partition coefficient (Wildman–Crippen LogP) is 4.90. The van der Waals surface area contributed by atoms with Crippen molar-refractivity contribution in [3.63, 3.8) is 0 Å². The summed E-state index contributed by atoms with van der Waals surface area (Å²) in [7, 11) is -9.22. The Labute approximate surface area is 337 Å². The molecule has 0 heterocycles. The van der Waals surface area contributed by atoms with Gasteiger partial charge in [-0.1, -0.05) is 136 Å². The molecule has 0 aromatic heterocycles. The van der Waals surface area contributed by atoms with Crippen LogP contribution in [0.2, 0.25) is 0 Å². The molecule has 2 unspecified atom stereocenters. The summed E-state index contributed by atoms with van der Waals surface area (Å²) in [4.78, 5) is 44.8. The first kappa shape index (κ1) is 49.0. The maximum Gasteiger partial charge on any atom is 2.00 e. The minimum atomic E-state index is -4.61. The van der Waals surface area contributed by atoms with Crippen LogP contribution in [-0.2, 0) is 43.6 Å². The Morgan fingerprint density at radius 3 is 0.826 bits per heavy atom. The van der Waals surface area contributed by atoms with Gasteiger partial charge < -0.3 is 38.9 Å². The zero-order valence-electron chi connectivity index (χ0n) is 30.5. The van der Waals surface area contributed by atoms with Gasteiger partial charge in [-0.15, -0.1) is 0 Å². The summed E-state index contributed by atoms with van der Waals surface area (Å²) >= 11 is 0. The van der Waals surface area contributed by atoms with E-state index in [9.17, 15) is 38.9 Å². The van der Waals surface area contributed by atoms with Crippen LogP contribution >= 0.6 is 15.2 Å². The largest absolute Gasteiger partial charge is 2.00 e. The number of phenols is 2. The van der Waals surface area contributed by atoms with E-state index in [0.29, 0.717) is 0 Å². The molecule has 0 amide bonds. The third kappa shape index (κ3) is 14.6. The molecule has 2 atom stereocenters. The molecule has 0 aliphatic heterocycles. The van der Waals surface area contributed by atoms with E-state index in [-0.39, 0.29) is 121 Å². The molecule has 0 aliphatic rings. The van der Waals surface area contributed by atoms with Crippen molar-refractivity contribution >= 4 is 90.7 Å². The van der Waals surface area contributed by atoms with Gasteiger partial charge >= 0.3 is 75.5 Å². The van der Waals surface area contributed by atoms with Crippen molar-refractivity contribution in [3.8, 4) is 11.5 Å². The fraction of sp³-hybridized carbons (Fsp3) is 0.647. The van der Waals surface area contributed by atoms with E-state index in [1.54, 1.807) is 0 Å². The Morgan fingerprint density at radius 2 is 0.696 bits per heavy atom. The molecule has 252 valence electrons. The van der Waals surface area contributed by atoms with Crippen molar-refractivity contribution in [1.29, 1.82) is 0 Å². The first-order chi connectivity index (χ1) is 19.3. The molecule has 0 saturated heterocycles. The zero-order chi connectivity index (χ0) is 35.0. The van der Waals surface area contributed by atoms with Gasteiger partial charge in [-0.2, -0.15) is 0 Å². The fourth-order valence-electron chi connectivity index (χ4n) is 4.82. The average Bonchev–Trinajstić information content (AvgIpc) is 2.77. The smallest absolute Gasteiger partial charge is 0.811 e. The second kappa shape index (κ2) is 17.4. The standard InChI is InChI=1S/2C17H29O4P.2Ca/c2*1-11(22(19,20)21)8-12-9-13(16(2,3)4)15(18)14(10-12)17(5,6)7;;/h2*9-11,18H,8H2,1-7H3,(H2,19,20,21);;/q;;2*+2/p-4. The number of phenolic OH excluding ortho intramolecular Hbond substituents is 2. The number of benzene rings is 2. The molecule has 0 spiro atoms. The van der Waals surface area contributed by atoms with Gasteiger partial charge in [-0.25, -0.2) is 0 Å². The number of hydrogen-bond donors (Lipinski definition) is 2. The van der Waals surface area contributed by atoms with E-state index in [2.05, 4.69) is 0 Å². The van der Waals surface area contributed by atoms with Gasteiger partial charge in [0.15, 0.2) is 0 Å². The summed E-state index contributed by atoms with van der Waals surface area (Å²) < 4.78 is 22.4. The topological polar surface area (TPSA) is 167 Å². The molecule has 0 bridgehead atoms. The molecule has 2 aromatic carbocycles. The van der Waals surface area contributed by atoms with Crippen molar-refractivity contribution in [2.24, 2.45) is 0 Å². The Morgan fingerprint density at radius 1 is 0.522 bits per heavy atom. The normalized spacial score (nSPS) is 14.3. The Bertz CT molecular complexity index is 1220. The molecule has 12 heteroatoms. The van der Waals surface area contributed by atoms with E-state index in [1.807, 2.05) is 107 Å². The van der Waals surface area contributed by atoms with Crippen LogP contribution in [-0.4, -0.2) is 97.0 Å². The van der Waals surface area contributed by atoms with Crippen LogP contribution in [0.15, 0.2) is 24.3 Å². The first-order valence-electron chi connectivity index (χ1n) is 15.0. The Kier molecular flexibility index (Phi) is 18.5. The van der Waals surface area contributed by atoms with Crippen molar-refractivity contribution in [2.75, 3.05) is 0 Å².